The number of amides is 2. The van der Waals surface area contributed by atoms with Crippen molar-refractivity contribution < 1.29 is 22.4 Å². The van der Waals surface area contributed by atoms with Crippen molar-refractivity contribution in [1.29, 1.82) is 0 Å². The Kier molecular flexibility index (Phi) is 9.46. The number of hydrogen-bond acceptors (Lipinski definition) is 4. The number of benzene rings is 2. The van der Waals surface area contributed by atoms with Gasteiger partial charge in [0.2, 0.25) is 21.8 Å². The van der Waals surface area contributed by atoms with Crippen LogP contribution in [0, 0.1) is 18.7 Å². The lowest BCUT2D eigenvalue weighted by atomic mass is 10.1. The summed E-state index contributed by atoms with van der Waals surface area (Å²) in [7, 11) is -3.92. The molecule has 0 bridgehead atoms. The molecule has 186 valence electrons. The van der Waals surface area contributed by atoms with Gasteiger partial charge in [-0.1, -0.05) is 55.3 Å². The van der Waals surface area contributed by atoms with Crippen LogP contribution in [0.25, 0.3) is 0 Å². The highest BCUT2D eigenvalue weighted by Gasteiger charge is 2.30. The first-order valence-corrected chi connectivity index (χ1v) is 13.1. The Bertz CT molecular complexity index is 1120. The molecule has 2 aromatic carbocycles. The number of nitrogens with zero attached hydrogens (tertiary/aromatic N) is 2. The molecule has 1 atom stereocenters. The monoisotopic (exact) mass is 511 g/mol. The van der Waals surface area contributed by atoms with E-state index in [-0.39, 0.29) is 29.1 Å². The average Bonchev–Trinajstić information content (AvgIpc) is 2.76. The maximum Gasteiger partial charge on any atom is 0.244 e. The van der Waals surface area contributed by atoms with E-state index in [9.17, 15) is 22.4 Å². The third-order valence-electron chi connectivity index (χ3n) is 5.20. The molecule has 0 fully saturated rings. The zero-order valence-corrected chi connectivity index (χ0v) is 21.6. The Morgan fingerprint density at radius 3 is 2.24 bits per heavy atom. The first kappa shape index (κ1) is 27.6. The van der Waals surface area contributed by atoms with E-state index in [4.69, 9.17) is 11.6 Å². The Hall–Kier alpha value is -2.65. The summed E-state index contributed by atoms with van der Waals surface area (Å²) >= 11 is 5.83. The molecule has 0 saturated carbocycles. The maximum atomic E-state index is 13.6. The smallest absolute Gasteiger partial charge is 0.244 e. The number of anilines is 1. The van der Waals surface area contributed by atoms with Gasteiger partial charge in [0.25, 0.3) is 0 Å². The molecule has 10 heteroatoms. The number of hydrogen-bond donors (Lipinski definition) is 1. The minimum Gasteiger partial charge on any atom is -0.354 e. The Balaban J connectivity index is 2.37. The fraction of sp³-hybridized carbons (Fsp3) is 0.417. The van der Waals surface area contributed by atoms with Gasteiger partial charge in [0, 0.05) is 13.1 Å². The van der Waals surface area contributed by atoms with Gasteiger partial charge in [0.05, 0.1) is 17.0 Å². The number of nitrogens with one attached hydrogen (secondary N) is 1. The summed E-state index contributed by atoms with van der Waals surface area (Å²) in [6.45, 7) is 7.43. The third-order valence-corrected chi connectivity index (χ3v) is 6.63. The second kappa shape index (κ2) is 11.7. The van der Waals surface area contributed by atoms with Crippen molar-refractivity contribution in [2.45, 2.75) is 40.3 Å². The van der Waals surface area contributed by atoms with Crippen LogP contribution in [0.2, 0.25) is 5.02 Å². The van der Waals surface area contributed by atoms with E-state index in [0.717, 1.165) is 33.8 Å². The highest BCUT2D eigenvalue weighted by molar-refractivity contribution is 7.92. The predicted octanol–water partition coefficient (Wildman–Crippen LogP) is 3.74. The van der Waals surface area contributed by atoms with Gasteiger partial charge in [0.1, 0.15) is 18.4 Å². The van der Waals surface area contributed by atoms with Crippen molar-refractivity contribution in [3.63, 3.8) is 0 Å². The lowest BCUT2D eigenvalue weighted by Crippen LogP contribution is -2.51. The second-order valence-electron chi connectivity index (χ2n) is 8.69. The molecular weight excluding hydrogens is 481 g/mol. The van der Waals surface area contributed by atoms with Crippen LogP contribution in [-0.2, 0) is 26.2 Å². The van der Waals surface area contributed by atoms with Crippen molar-refractivity contribution in [1.82, 2.24) is 10.2 Å². The van der Waals surface area contributed by atoms with Crippen LogP contribution in [0.15, 0.2) is 42.5 Å². The molecule has 0 heterocycles. The topological polar surface area (TPSA) is 86.8 Å². The van der Waals surface area contributed by atoms with Gasteiger partial charge in [-0.25, -0.2) is 12.8 Å². The SMILES string of the molecule is Cc1ccc(CN(C(=O)CN(c2ccc(F)c(Cl)c2)S(C)(=O)=O)[C@@H](C)C(=O)NCC(C)C)cc1. The molecule has 2 aromatic rings. The fourth-order valence-corrected chi connectivity index (χ4v) is 4.20. The van der Waals surface area contributed by atoms with Gasteiger partial charge in [-0.15, -0.1) is 0 Å². The molecule has 2 amide bonds. The molecule has 0 radical (unpaired) electrons. The molecule has 0 aliphatic carbocycles. The number of rotatable bonds is 10. The normalized spacial score (nSPS) is 12.4. The van der Waals surface area contributed by atoms with Crippen molar-refractivity contribution in [2.24, 2.45) is 5.92 Å². The molecule has 0 saturated heterocycles. The molecule has 0 unspecified atom stereocenters. The largest absolute Gasteiger partial charge is 0.354 e. The summed E-state index contributed by atoms with van der Waals surface area (Å²) in [5.41, 5.74) is 1.88. The van der Waals surface area contributed by atoms with Crippen LogP contribution < -0.4 is 9.62 Å². The molecule has 0 spiro atoms. The summed E-state index contributed by atoms with van der Waals surface area (Å²) in [4.78, 5) is 27.5. The lowest BCUT2D eigenvalue weighted by molar-refractivity contribution is -0.139. The van der Waals surface area contributed by atoms with Gasteiger partial charge in [-0.05, 0) is 43.5 Å². The zero-order valence-electron chi connectivity index (χ0n) is 20.0. The molecule has 0 aliphatic rings. The Morgan fingerprint density at radius 2 is 1.71 bits per heavy atom. The lowest BCUT2D eigenvalue weighted by Gasteiger charge is -2.31. The van der Waals surface area contributed by atoms with Crippen molar-refractivity contribution in [3.05, 3.63) is 64.4 Å². The molecule has 0 aromatic heterocycles. The zero-order chi connectivity index (χ0) is 25.6. The van der Waals surface area contributed by atoms with E-state index in [2.05, 4.69) is 5.32 Å². The number of aryl methyl sites for hydroxylation is 1. The standard InChI is InChI=1S/C24H31ClFN3O4S/c1-16(2)13-27-24(31)18(4)28(14-19-8-6-17(3)7-9-19)23(30)15-29(34(5,32)33)20-10-11-22(26)21(25)12-20/h6-12,16,18H,13-15H2,1-5H3,(H,27,31)/t18-/m0/s1. The minimum absolute atomic E-state index is 0.0504. The second-order valence-corrected chi connectivity index (χ2v) is 11.0. The maximum absolute atomic E-state index is 13.6. The van der Waals surface area contributed by atoms with Crippen LogP contribution in [-0.4, -0.2) is 50.5 Å². The van der Waals surface area contributed by atoms with E-state index in [1.807, 2.05) is 45.0 Å². The van der Waals surface area contributed by atoms with Crippen LogP contribution in [0.5, 0.6) is 0 Å². The first-order chi connectivity index (χ1) is 15.8. The fourth-order valence-electron chi connectivity index (χ4n) is 3.18. The van der Waals surface area contributed by atoms with E-state index in [1.54, 1.807) is 6.92 Å². The van der Waals surface area contributed by atoms with E-state index in [0.29, 0.717) is 6.54 Å². The van der Waals surface area contributed by atoms with Gasteiger partial charge in [-0.2, -0.15) is 0 Å². The van der Waals surface area contributed by atoms with Crippen molar-refractivity contribution >= 4 is 39.1 Å². The minimum atomic E-state index is -3.92. The number of halogens is 2. The van der Waals surface area contributed by atoms with E-state index < -0.39 is 34.3 Å². The molecular formula is C24H31ClFN3O4S. The number of carbonyl (C=O) groups excluding carboxylic acids is 2. The van der Waals surface area contributed by atoms with E-state index in [1.165, 1.54) is 11.0 Å². The highest BCUT2D eigenvalue weighted by Crippen LogP contribution is 2.25. The Morgan fingerprint density at radius 1 is 1.09 bits per heavy atom. The molecule has 0 aliphatic heterocycles. The quantitative estimate of drug-likeness (QED) is 0.526. The summed E-state index contributed by atoms with van der Waals surface area (Å²) in [5, 5.41) is 2.55. The summed E-state index contributed by atoms with van der Waals surface area (Å²) in [5.74, 6) is -1.41. The molecule has 1 N–H and O–H groups in total. The average molecular weight is 512 g/mol. The first-order valence-electron chi connectivity index (χ1n) is 10.8. The van der Waals surface area contributed by atoms with Gasteiger partial charge >= 0.3 is 0 Å². The van der Waals surface area contributed by atoms with Crippen LogP contribution in [0.3, 0.4) is 0 Å². The van der Waals surface area contributed by atoms with Crippen LogP contribution in [0.4, 0.5) is 10.1 Å². The summed E-state index contributed by atoms with van der Waals surface area (Å²) in [6.07, 6.45) is 0.945. The molecule has 7 nitrogen and oxygen atoms in total. The van der Waals surface area contributed by atoms with Gasteiger partial charge < -0.3 is 10.2 Å². The highest BCUT2D eigenvalue weighted by atomic mass is 35.5. The summed E-state index contributed by atoms with van der Waals surface area (Å²) in [6, 6.07) is 10.0. The number of sulfonamides is 1. The molecule has 34 heavy (non-hydrogen) atoms. The summed E-state index contributed by atoms with van der Waals surface area (Å²) < 4.78 is 39.5. The van der Waals surface area contributed by atoms with Crippen LogP contribution in [0.1, 0.15) is 31.9 Å². The predicted molar refractivity (Wildman–Crippen MR) is 133 cm³/mol. The van der Waals surface area contributed by atoms with E-state index >= 15 is 0 Å². The molecule has 2 rings (SSSR count). The van der Waals surface area contributed by atoms with Crippen molar-refractivity contribution in [2.75, 3.05) is 23.7 Å². The van der Waals surface area contributed by atoms with Crippen LogP contribution >= 0.6 is 11.6 Å². The van der Waals surface area contributed by atoms with Crippen molar-refractivity contribution in [3.8, 4) is 0 Å². The third kappa shape index (κ3) is 7.70. The Labute approximate surface area is 205 Å². The van der Waals surface area contributed by atoms with Gasteiger partial charge in [-0.3, -0.25) is 13.9 Å². The number of carbonyl (C=O) groups is 2. The van der Waals surface area contributed by atoms with Gasteiger partial charge in [0.15, 0.2) is 0 Å².